The molecule has 1 amide bonds. The summed E-state index contributed by atoms with van der Waals surface area (Å²) in [5.74, 6) is 0.384. The van der Waals surface area contributed by atoms with Crippen molar-refractivity contribution in [3.05, 3.63) is 71.3 Å². The number of hydrogen-bond acceptors (Lipinski definition) is 4. The first-order valence-corrected chi connectivity index (χ1v) is 7.99. The van der Waals surface area contributed by atoms with Gasteiger partial charge >= 0.3 is 0 Å². The number of ketones is 1. The van der Waals surface area contributed by atoms with Crippen molar-refractivity contribution in [3.63, 3.8) is 0 Å². The minimum Gasteiger partial charge on any atom is -0.497 e. The van der Waals surface area contributed by atoms with Crippen LogP contribution >= 0.6 is 0 Å². The van der Waals surface area contributed by atoms with Gasteiger partial charge in [-0.2, -0.15) is 0 Å². The van der Waals surface area contributed by atoms with E-state index in [9.17, 15) is 9.59 Å². The van der Waals surface area contributed by atoms with Crippen molar-refractivity contribution in [1.82, 2.24) is 5.32 Å². The Kier molecular flexibility index (Phi) is 4.84. The molecule has 5 nitrogen and oxygen atoms in total. The van der Waals surface area contributed by atoms with Crippen molar-refractivity contribution in [1.29, 1.82) is 0 Å². The molecule has 0 aliphatic carbocycles. The van der Waals surface area contributed by atoms with Gasteiger partial charge in [0.2, 0.25) is 0 Å². The monoisotopic (exact) mass is 337 g/mol. The van der Waals surface area contributed by atoms with Gasteiger partial charge in [-0.15, -0.1) is 0 Å². The zero-order valence-electron chi connectivity index (χ0n) is 14.1. The zero-order chi connectivity index (χ0) is 17.8. The highest BCUT2D eigenvalue weighted by Crippen LogP contribution is 2.37. The fraction of sp³-hybridized carbons (Fsp3) is 0.200. The maximum atomic E-state index is 12.7. The average molecular weight is 337 g/mol. The minimum atomic E-state index is -0.443. The van der Waals surface area contributed by atoms with Crippen LogP contribution in [0.4, 0.5) is 0 Å². The molecular formula is C20H19NO4. The number of amides is 1. The van der Waals surface area contributed by atoms with Gasteiger partial charge in [0.05, 0.1) is 13.5 Å². The third-order valence-corrected chi connectivity index (χ3v) is 4.11. The molecule has 25 heavy (non-hydrogen) atoms. The van der Waals surface area contributed by atoms with Gasteiger partial charge in [-0.25, -0.2) is 0 Å². The fourth-order valence-corrected chi connectivity index (χ4v) is 2.80. The minimum absolute atomic E-state index is 0.0680. The Hall–Kier alpha value is -3.08. The Labute approximate surface area is 146 Å². The molecule has 0 bridgehead atoms. The fourth-order valence-electron chi connectivity index (χ4n) is 2.80. The van der Waals surface area contributed by atoms with Crippen molar-refractivity contribution in [2.75, 3.05) is 14.2 Å². The molecule has 128 valence electrons. The van der Waals surface area contributed by atoms with Crippen LogP contribution in [0.15, 0.2) is 60.2 Å². The quantitative estimate of drug-likeness (QED) is 0.872. The number of carbonyl (C=O) groups is 2. The second-order valence-electron chi connectivity index (χ2n) is 5.66. The third-order valence-electron chi connectivity index (χ3n) is 4.11. The number of rotatable bonds is 4. The Morgan fingerprint density at radius 2 is 1.80 bits per heavy atom. The van der Waals surface area contributed by atoms with Crippen LogP contribution in [0.3, 0.4) is 0 Å². The lowest BCUT2D eigenvalue weighted by Gasteiger charge is -2.27. The van der Waals surface area contributed by atoms with Gasteiger partial charge in [0, 0.05) is 12.6 Å². The van der Waals surface area contributed by atoms with E-state index in [0.29, 0.717) is 11.3 Å². The summed E-state index contributed by atoms with van der Waals surface area (Å²) in [6.07, 6.45) is -0.326. The predicted octanol–water partition coefficient (Wildman–Crippen LogP) is 2.88. The van der Waals surface area contributed by atoms with Crippen molar-refractivity contribution >= 4 is 17.4 Å². The highest BCUT2D eigenvalue weighted by atomic mass is 16.5. The summed E-state index contributed by atoms with van der Waals surface area (Å²) >= 11 is 0. The predicted molar refractivity (Wildman–Crippen MR) is 93.9 cm³/mol. The summed E-state index contributed by atoms with van der Waals surface area (Å²) in [5, 5.41) is 2.52. The number of hydrogen-bond donors (Lipinski definition) is 1. The Morgan fingerprint density at radius 3 is 2.40 bits per heavy atom. The number of carbonyl (C=O) groups excluding carboxylic acids is 2. The molecule has 3 rings (SSSR count). The Balaban J connectivity index is 2.02. The molecule has 2 aromatic carbocycles. The molecular weight excluding hydrogens is 318 g/mol. The first-order valence-electron chi connectivity index (χ1n) is 7.99. The summed E-state index contributed by atoms with van der Waals surface area (Å²) in [7, 11) is 3.10. The van der Waals surface area contributed by atoms with E-state index in [1.807, 2.05) is 54.6 Å². The van der Waals surface area contributed by atoms with E-state index in [4.69, 9.17) is 9.47 Å². The van der Waals surface area contributed by atoms with Gasteiger partial charge in [0.15, 0.2) is 5.78 Å². The molecule has 0 saturated carbocycles. The molecule has 1 unspecified atom stereocenters. The van der Waals surface area contributed by atoms with E-state index < -0.39 is 12.0 Å². The molecule has 1 heterocycles. The van der Waals surface area contributed by atoms with E-state index >= 15 is 0 Å². The van der Waals surface area contributed by atoms with Gasteiger partial charge in [-0.3, -0.25) is 9.59 Å². The van der Waals surface area contributed by atoms with Gasteiger partial charge in [0.1, 0.15) is 23.2 Å². The summed E-state index contributed by atoms with van der Waals surface area (Å²) < 4.78 is 11.3. The van der Waals surface area contributed by atoms with Crippen LogP contribution in [0.5, 0.6) is 5.75 Å². The molecule has 2 aromatic rings. The van der Waals surface area contributed by atoms with Crippen LogP contribution < -0.4 is 10.1 Å². The standard InChI is InChI=1S/C20H19NO4/c1-21-20(23)18-16(22)12-17(13-8-10-15(24-2)11-9-13)25-19(18)14-6-4-3-5-7-14/h3-11,17H,12H2,1-2H3,(H,21,23). The first-order chi connectivity index (χ1) is 12.1. The lowest BCUT2D eigenvalue weighted by molar-refractivity contribution is -0.124. The highest BCUT2D eigenvalue weighted by molar-refractivity contribution is 6.24. The SMILES string of the molecule is CNC(=O)C1=C(c2ccccc2)OC(c2ccc(OC)cc2)CC1=O. The van der Waals surface area contributed by atoms with E-state index in [0.717, 1.165) is 11.3 Å². The maximum Gasteiger partial charge on any atom is 0.258 e. The van der Waals surface area contributed by atoms with Crippen LogP contribution in [0.1, 0.15) is 23.7 Å². The van der Waals surface area contributed by atoms with E-state index in [2.05, 4.69) is 5.32 Å². The van der Waals surface area contributed by atoms with Crippen molar-refractivity contribution in [2.24, 2.45) is 0 Å². The highest BCUT2D eigenvalue weighted by Gasteiger charge is 2.34. The van der Waals surface area contributed by atoms with E-state index in [1.54, 1.807) is 7.11 Å². The van der Waals surface area contributed by atoms with Crippen LogP contribution in [-0.2, 0) is 14.3 Å². The topological polar surface area (TPSA) is 64.6 Å². The lowest BCUT2D eigenvalue weighted by Crippen LogP contribution is -2.31. The third kappa shape index (κ3) is 3.40. The van der Waals surface area contributed by atoms with Gasteiger partial charge in [-0.1, -0.05) is 42.5 Å². The molecule has 0 radical (unpaired) electrons. The maximum absolute atomic E-state index is 12.7. The van der Waals surface area contributed by atoms with Gasteiger partial charge < -0.3 is 14.8 Å². The van der Waals surface area contributed by atoms with Crippen LogP contribution in [-0.4, -0.2) is 25.8 Å². The van der Waals surface area contributed by atoms with Crippen molar-refractivity contribution < 1.29 is 19.1 Å². The summed E-state index contributed by atoms with van der Waals surface area (Å²) in [4.78, 5) is 24.9. The lowest BCUT2D eigenvalue weighted by atomic mass is 9.93. The molecule has 1 aliphatic heterocycles. The zero-order valence-corrected chi connectivity index (χ0v) is 14.1. The van der Waals surface area contributed by atoms with Crippen LogP contribution in [0, 0.1) is 0 Å². The van der Waals surface area contributed by atoms with Crippen molar-refractivity contribution in [3.8, 4) is 5.75 Å². The Morgan fingerprint density at radius 1 is 1.12 bits per heavy atom. The second kappa shape index (κ2) is 7.21. The molecule has 5 heteroatoms. The van der Waals surface area contributed by atoms with E-state index in [1.165, 1.54) is 7.05 Å². The molecule has 0 saturated heterocycles. The summed E-state index contributed by atoms with van der Waals surface area (Å²) in [6.45, 7) is 0. The number of nitrogens with one attached hydrogen (secondary N) is 1. The average Bonchev–Trinajstić information content (AvgIpc) is 2.67. The van der Waals surface area contributed by atoms with E-state index in [-0.39, 0.29) is 17.8 Å². The normalized spacial score (nSPS) is 17.0. The Bertz CT molecular complexity index is 809. The molecule has 1 atom stereocenters. The molecule has 0 aromatic heterocycles. The van der Waals surface area contributed by atoms with Gasteiger partial charge in [0.25, 0.3) is 5.91 Å². The second-order valence-corrected chi connectivity index (χ2v) is 5.66. The van der Waals surface area contributed by atoms with Crippen LogP contribution in [0.2, 0.25) is 0 Å². The number of likely N-dealkylation sites (N-methyl/N-ethyl adjacent to an activating group) is 1. The molecule has 1 N–H and O–H groups in total. The largest absolute Gasteiger partial charge is 0.497 e. The number of Topliss-reactive ketones (excluding diaryl/α,β-unsaturated/α-hetero) is 1. The van der Waals surface area contributed by atoms with Crippen molar-refractivity contribution in [2.45, 2.75) is 12.5 Å². The molecule has 0 spiro atoms. The summed E-state index contributed by atoms with van der Waals surface area (Å²) in [6, 6.07) is 16.6. The molecule has 0 fully saturated rings. The van der Waals surface area contributed by atoms with Gasteiger partial charge in [-0.05, 0) is 17.7 Å². The smallest absolute Gasteiger partial charge is 0.258 e. The van der Waals surface area contributed by atoms with Crippen LogP contribution in [0.25, 0.3) is 5.76 Å². The number of ether oxygens (including phenoxy) is 2. The summed E-state index contributed by atoms with van der Waals surface area (Å²) in [5.41, 5.74) is 1.63. The number of benzene rings is 2. The molecule has 1 aliphatic rings. The number of methoxy groups -OCH3 is 1. The first kappa shape index (κ1) is 16.8.